The number of piperazine rings is 1. The van der Waals surface area contributed by atoms with E-state index in [-0.39, 0.29) is 23.3 Å². The molecule has 0 bridgehead atoms. The Labute approximate surface area is 391 Å². The minimum atomic E-state index is -4.47. The van der Waals surface area contributed by atoms with Gasteiger partial charge in [0.2, 0.25) is 0 Å². The molecule has 1 amide bonds. The number of carbonyl (C=O) groups excluding carboxylic acids is 2. The summed E-state index contributed by atoms with van der Waals surface area (Å²) < 4.78 is 34.1. The lowest BCUT2D eigenvalue weighted by Gasteiger charge is -2.36. The maximum absolute atomic E-state index is 13.5. The summed E-state index contributed by atoms with van der Waals surface area (Å²) >= 11 is 7.75. The highest BCUT2D eigenvalue weighted by Gasteiger charge is 2.26. The van der Waals surface area contributed by atoms with Crippen LogP contribution in [0.15, 0.2) is 131 Å². The average Bonchev–Trinajstić information content (AvgIpc) is 3.31. The van der Waals surface area contributed by atoms with Crippen molar-refractivity contribution in [3.8, 4) is 11.1 Å². The van der Waals surface area contributed by atoms with E-state index in [1.165, 1.54) is 23.3 Å². The van der Waals surface area contributed by atoms with Crippen molar-refractivity contribution in [1.29, 1.82) is 0 Å². The molecule has 65 heavy (non-hydrogen) atoms. The maximum atomic E-state index is 13.5. The number of halogens is 1. The van der Waals surface area contributed by atoms with Crippen LogP contribution in [0.2, 0.25) is 5.02 Å². The molecule has 6 rings (SSSR count). The number of ether oxygens (including phenoxy) is 1. The lowest BCUT2D eigenvalue weighted by atomic mass is 9.99. The van der Waals surface area contributed by atoms with E-state index in [0.717, 1.165) is 80.7 Å². The number of esters is 1. The van der Waals surface area contributed by atoms with E-state index in [2.05, 4.69) is 42.9 Å². The van der Waals surface area contributed by atoms with Gasteiger partial charge in [-0.3, -0.25) is 24.6 Å². The van der Waals surface area contributed by atoms with Gasteiger partial charge in [0.1, 0.15) is 5.69 Å². The smallest absolute Gasteiger partial charge is 0.305 e. The number of nitro benzene ring substituents is 1. The maximum Gasteiger partial charge on any atom is 0.305 e. The van der Waals surface area contributed by atoms with Crippen LogP contribution in [0.1, 0.15) is 54.9 Å². The summed E-state index contributed by atoms with van der Waals surface area (Å²) in [5.41, 5.74) is 4.36. The topological polar surface area (TPSA) is 154 Å². The lowest BCUT2D eigenvalue weighted by Crippen LogP contribution is -2.46. The summed E-state index contributed by atoms with van der Waals surface area (Å²) in [6, 6.07) is 36.3. The van der Waals surface area contributed by atoms with E-state index < -0.39 is 31.4 Å². The summed E-state index contributed by atoms with van der Waals surface area (Å²) in [5, 5.41) is 16.4. The van der Waals surface area contributed by atoms with Crippen LogP contribution in [0.3, 0.4) is 0 Å². The Kier molecular flexibility index (Phi) is 18.2. The number of nitro groups is 1. The molecule has 5 aromatic rings. The number of sulfonamides is 1. The molecule has 0 aromatic heterocycles. The Balaban J connectivity index is 1.04. The number of nitrogens with zero attached hydrogens (tertiary/aromatic N) is 4. The van der Waals surface area contributed by atoms with Crippen molar-refractivity contribution in [2.24, 2.45) is 0 Å². The predicted molar refractivity (Wildman–Crippen MR) is 260 cm³/mol. The van der Waals surface area contributed by atoms with Gasteiger partial charge in [-0.25, -0.2) is 13.1 Å². The minimum absolute atomic E-state index is 0.142. The minimum Gasteiger partial charge on any atom is -0.466 e. The van der Waals surface area contributed by atoms with Gasteiger partial charge in [-0.2, -0.15) is 0 Å². The molecule has 1 aliphatic rings. The molecule has 1 atom stereocenters. The standard InChI is InChI=1S/C49H57ClN6O7S2/c1-3-63-48(57)16-8-5-11-28-53(2)29-27-41(36-64-43-13-6-4-7-14-43)51-46-26-25-44(34-47(46)56(59)60)65(61,62)52-49(58)38-19-23-42(24-20-38)55-32-30-54(31-33-55)35-39-12-9-10-15-45(39)37-17-21-40(50)22-18-37/h4,6-7,9-10,12-15,17-26,34,41,51H,3,5,8,11,16,27-33,35-36H2,1-2H3,(H,52,58)/t41-/m1/s1. The molecule has 0 unspecified atom stereocenters. The zero-order valence-corrected chi connectivity index (χ0v) is 39.3. The van der Waals surface area contributed by atoms with Crippen molar-refractivity contribution in [1.82, 2.24) is 14.5 Å². The molecule has 0 spiro atoms. The van der Waals surface area contributed by atoms with Crippen molar-refractivity contribution >= 4 is 62.3 Å². The fourth-order valence-corrected chi connectivity index (χ4v) is 9.78. The van der Waals surface area contributed by atoms with Gasteiger partial charge < -0.3 is 19.9 Å². The molecule has 2 N–H and O–H groups in total. The molecule has 16 heteroatoms. The number of nitrogens with one attached hydrogen (secondary N) is 2. The highest BCUT2D eigenvalue weighted by Crippen LogP contribution is 2.31. The number of amides is 1. The third kappa shape index (κ3) is 14.8. The molecular weight excluding hydrogens is 884 g/mol. The first-order chi connectivity index (χ1) is 31.4. The number of carbonyl (C=O) groups is 2. The Morgan fingerprint density at radius 1 is 0.877 bits per heavy atom. The van der Waals surface area contributed by atoms with Gasteiger partial charge in [-0.05, 0) is 124 Å². The van der Waals surface area contributed by atoms with Crippen LogP contribution in [-0.2, 0) is 26.1 Å². The first-order valence-corrected chi connectivity index (χ1v) is 24.8. The van der Waals surface area contributed by atoms with Crippen LogP contribution in [0, 0.1) is 10.1 Å². The first-order valence-electron chi connectivity index (χ1n) is 21.9. The van der Waals surface area contributed by atoms with Gasteiger partial charge in [0.25, 0.3) is 21.6 Å². The third-order valence-electron chi connectivity index (χ3n) is 11.3. The van der Waals surface area contributed by atoms with E-state index in [9.17, 15) is 28.1 Å². The van der Waals surface area contributed by atoms with Gasteiger partial charge in [0.15, 0.2) is 0 Å². The average molecular weight is 942 g/mol. The zero-order valence-electron chi connectivity index (χ0n) is 36.9. The molecular formula is C49H57ClN6O7S2. The molecule has 1 fully saturated rings. The normalized spacial score (nSPS) is 13.6. The van der Waals surface area contributed by atoms with E-state index in [4.69, 9.17) is 16.3 Å². The molecule has 1 saturated heterocycles. The lowest BCUT2D eigenvalue weighted by molar-refractivity contribution is -0.384. The van der Waals surface area contributed by atoms with E-state index in [0.29, 0.717) is 36.8 Å². The van der Waals surface area contributed by atoms with Crippen LogP contribution >= 0.6 is 23.4 Å². The molecule has 0 saturated carbocycles. The van der Waals surface area contributed by atoms with Gasteiger partial charge >= 0.3 is 5.97 Å². The Morgan fingerprint density at radius 3 is 2.29 bits per heavy atom. The summed E-state index contributed by atoms with van der Waals surface area (Å²) in [6.45, 7) is 7.73. The van der Waals surface area contributed by atoms with Crippen molar-refractivity contribution in [2.45, 2.75) is 61.4 Å². The van der Waals surface area contributed by atoms with Crippen LogP contribution in [-0.4, -0.2) is 99.7 Å². The number of hydrogen-bond acceptors (Lipinski definition) is 12. The molecule has 1 aliphatic heterocycles. The van der Waals surface area contributed by atoms with Crippen LogP contribution in [0.4, 0.5) is 17.1 Å². The molecule has 5 aromatic carbocycles. The highest BCUT2D eigenvalue weighted by atomic mass is 35.5. The quantitative estimate of drug-likeness (QED) is 0.0211. The third-order valence-corrected chi connectivity index (χ3v) is 14.0. The van der Waals surface area contributed by atoms with Crippen molar-refractivity contribution < 1.29 is 27.7 Å². The van der Waals surface area contributed by atoms with Crippen molar-refractivity contribution in [2.75, 3.05) is 68.9 Å². The zero-order chi connectivity index (χ0) is 46.2. The van der Waals surface area contributed by atoms with Gasteiger partial charge in [0, 0.05) is 78.2 Å². The number of hydrogen-bond donors (Lipinski definition) is 2. The van der Waals surface area contributed by atoms with Gasteiger partial charge in [0.05, 0.1) is 16.4 Å². The van der Waals surface area contributed by atoms with Crippen LogP contribution in [0.25, 0.3) is 11.1 Å². The molecule has 0 radical (unpaired) electrons. The largest absolute Gasteiger partial charge is 0.466 e. The Bertz CT molecular complexity index is 2450. The fourth-order valence-electron chi connectivity index (χ4n) is 7.67. The number of thioether (sulfide) groups is 1. The van der Waals surface area contributed by atoms with Crippen molar-refractivity contribution in [3.05, 3.63) is 148 Å². The molecule has 0 aliphatic carbocycles. The first kappa shape index (κ1) is 49.0. The second-order valence-corrected chi connectivity index (χ2v) is 19.2. The highest BCUT2D eigenvalue weighted by molar-refractivity contribution is 7.99. The molecule has 13 nitrogen and oxygen atoms in total. The Morgan fingerprint density at radius 2 is 1.58 bits per heavy atom. The van der Waals surface area contributed by atoms with E-state index in [1.54, 1.807) is 43.0 Å². The monoisotopic (exact) mass is 940 g/mol. The Hall–Kier alpha value is -5.45. The molecule has 1 heterocycles. The van der Waals surface area contributed by atoms with Crippen LogP contribution < -0.4 is 14.9 Å². The number of benzene rings is 5. The van der Waals surface area contributed by atoms with E-state index in [1.807, 2.05) is 67.7 Å². The predicted octanol–water partition coefficient (Wildman–Crippen LogP) is 9.37. The summed E-state index contributed by atoms with van der Waals surface area (Å²) in [7, 11) is -2.45. The van der Waals surface area contributed by atoms with Crippen molar-refractivity contribution in [3.63, 3.8) is 0 Å². The number of unbranched alkanes of at least 4 members (excludes halogenated alkanes) is 2. The fraction of sp³-hybridized carbons (Fsp3) is 0.347. The molecule has 344 valence electrons. The SMILES string of the molecule is CCOC(=O)CCCCCN(C)CC[C@H](CSc1ccccc1)Nc1ccc(S(=O)(=O)NC(=O)c2ccc(N3CCN(Cc4ccccc4-c4ccc(Cl)cc4)CC3)cc2)cc1[N+](=O)[O-]. The van der Waals surface area contributed by atoms with Crippen LogP contribution in [0.5, 0.6) is 0 Å². The van der Waals surface area contributed by atoms with Gasteiger partial charge in [-0.1, -0.05) is 72.6 Å². The summed E-state index contributed by atoms with van der Waals surface area (Å²) in [5.74, 6) is -0.421. The second kappa shape index (κ2) is 24.2. The van der Waals surface area contributed by atoms with Gasteiger partial charge in [-0.15, -0.1) is 11.8 Å². The number of anilines is 2. The van der Waals surface area contributed by atoms with E-state index >= 15 is 0 Å². The number of rotatable bonds is 23. The second-order valence-electron chi connectivity index (χ2n) is 16.0. The summed E-state index contributed by atoms with van der Waals surface area (Å²) in [6.07, 6.45) is 3.63. The summed E-state index contributed by atoms with van der Waals surface area (Å²) in [4.78, 5) is 44.2.